The molecule has 2 nitrogen and oxygen atoms in total. The van der Waals surface area contributed by atoms with Gasteiger partial charge in [0.1, 0.15) is 11.6 Å². The Morgan fingerprint density at radius 2 is 1.84 bits per heavy atom. The van der Waals surface area contributed by atoms with Crippen molar-refractivity contribution in [2.75, 3.05) is 12.4 Å². The molecule has 2 aromatic carbocycles. The fourth-order valence-corrected chi connectivity index (χ4v) is 2.08. The van der Waals surface area contributed by atoms with Crippen LogP contribution in [0.2, 0.25) is 5.02 Å². The molecule has 0 heterocycles. The Labute approximate surface area is 117 Å². The molecule has 19 heavy (non-hydrogen) atoms. The summed E-state index contributed by atoms with van der Waals surface area (Å²) in [6.45, 7) is 2.00. The molecule has 2 rings (SSSR count). The van der Waals surface area contributed by atoms with Gasteiger partial charge in [0.15, 0.2) is 0 Å². The Morgan fingerprint density at radius 1 is 1.16 bits per heavy atom. The second-order valence-electron chi connectivity index (χ2n) is 4.30. The number of halogens is 2. The molecule has 0 radical (unpaired) electrons. The summed E-state index contributed by atoms with van der Waals surface area (Å²) in [4.78, 5) is 0. The van der Waals surface area contributed by atoms with Crippen LogP contribution < -0.4 is 10.1 Å². The first kappa shape index (κ1) is 13.7. The molecule has 100 valence electrons. The van der Waals surface area contributed by atoms with Crippen LogP contribution in [0, 0.1) is 5.82 Å². The molecule has 0 bridgehead atoms. The summed E-state index contributed by atoms with van der Waals surface area (Å²) in [6.07, 6.45) is 0. The van der Waals surface area contributed by atoms with Crippen LogP contribution in [0.3, 0.4) is 0 Å². The maximum atomic E-state index is 13.2. The number of nitrogens with one attached hydrogen (secondary N) is 1. The van der Waals surface area contributed by atoms with Crippen LogP contribution in [0.5, 0.6) is 5.75 Å². The number of hydrogen-bond donors (Lipinski definition) is 1. The zero-order valence-corrected chi connectivity index (χ0v) is 11.5. The highest BCUT2D eigenvalue weighted by molar-refractivity contribution is 6.30. The van der Waals surface area contributed by atoms with Crippen LogP contribution in [-0.4, -0.2) is 7.11 Å². The minimum absolute atomic E-state index is 0.0452. The predicted octanol–water partition coefficient (Wildman–Crippen LogP) is 4.66. The Hall–Kier alpha value is -1.74. The SMILES string of the molecule is COc1ccc(C(C)Nc2cc(F)cc(Cl)c2)cc1. The molecular formula is C15H15ClFNO. The molecule has 0 fully saturated rings. The first-order valence-electron chi connectivity index (χ1n) is 5.95. The summed E-state index contributed by atoms with van der Waals surface area (Å²) in [7, 11) is 1.63. The van der Waals surface area contributed by atoms with Crippen LogP contribution in [-0.2, 0) is 0 Å². The van der Waals surface area contributed by atoms with E-state index in [9.17, 15) is 4.39 Å². The minimum Gasteiger partial charge on any atom is -0.497 e. The van der Waals surface area contributed by atoms with E-state index in [2.05, 4.69) is 5.32 Å². The van der Waals surface area contributed by atoms with E-state index in [-0.39, 0.29) is 11.9 Å². The summed E-state index contributed by atoms with van der Waals surface area (Å²) < 4.78 is 18.3. The zero-order valence-electron chi connectivity index (χ0n) is 10.8. The molecule has 0 aromatic heterocycles. The molecule has 0 saturated heterocycles. The molecule has 0 spiro atoms. The number of hydrogen-bond acceptors (Lipinski definition) is 2. The molecule has 0 aliphatic rings. The lowest BCUT2D eigenvalue weighted by Crippen LogP contribution is -2.06. The Morgan fingerprint density at radius 3 is 2.42 bits per heavy atom. The van der Waals surface area contributed by atoms with E-state index < -0.39 is 0 Å². The molecule has 0 saturated carbocycles. The summed E-state index contributed by atoms with van der Waals surface area (Å²) in [5.74, 6) is 0.460. The standard InChI is InChI=1S/C15H15ClFNO/c1-10(11-3-5-15(19-2)6-4-11)18-14-8-12(16)7-13(17)9-14/h3-10,18H,1-2H3. The highest BCUT2D eigenvalue weighted by Crippen LogP contribution is 2.24. The van der Waals surface area contributed by atoms with Crippen LogP contribution >= 0.6 is 11.6 Å². The van der Waals surface area contributed by atoms with E-state index in [0.717, 1.165) is 11.3 Å². The van der Waals surface area contributed by atoms with E-state index in [1.807, 2.05) is 31.2 Å². The molecule has 0 aliphatic carbocycles. The van der Waals surface area contributed by atoms with Gasteiger partial charge in [0.2, 0.25) is 0 Å². The van der Waals surface area contributed by atoms with Crippen molar-refractivity contribution in [1.29, 1.82) is 0 Å². The van der Waals surface area contributed by atoms with Crippen molar-refractivity contribution in [3.63, 3.8) is 0 Å². The molecule has 4 heteroatoms. The summed E-state index contributed by atoms with van der Waals surface area (Å²) in [5.41, 5.74) is 1.74. The van der Waals surface area contributed by atoms with E-state index in [0.29, 0.717) is 10.7 Å². The first-order chi connectivity index (χ1) is 9.08. The van der Waals surface area contributed by atoms with Gasteiger partial charge in [-0.1, -0.05) is 23.7 Å². The molecule has 1 atom stereocenters. The third kappa shape index (κ3) is 3.61. The monoisotopic (exact) mass is 279 g/mol. The van der Waals surface area contributed by atoms with Crippen LogP contribution in [0.15, 0.2) is 42.5 Å². The second kappa shape index (κ2) is 5.93. The fourth-order valence-electron chi connectivity index (χ4n) is 1.86. The van der Waals surface area contributed by atoms with Crippen molar-refractivity contribution in [3.8, 4) is 5.75 Å². The van der Waals surface area contributed by atoms with Gasteiger partial charge in [0, 0.05) is 16.8 Å². The average Bonchev–Trinajstić information content (AvgIpc) is 2.37. The van der Waals surface area contributed by atoms with Crippen molar-refractivity contribution in [2.24, 2.45) is 0 Å². The quantitative estimate of drug-likeness (QED) is 0.879. The van der Waals surface area contributed by atoms with E-state index >= 15 is 0 Å². The van der Waals surface area contributed by atoms with E-state index in [1.165, 1.54) is 12.1 Å². The topological polar surface area (TPSA) is 21.3 Å². The van der Waals surface area contributed by atoms with Gasteiger partial charge in [0.25, 0.3) is 0 Å². The molecule has 1 unspecified atom stereocenters. The lowest BCUT2D eigenvalue weighted by molar-refractivity contribution is 0.414. The van der Waals surface area contributed by atoms with Gasteiger partial charge in [0.05, 0.1) is 7.11 Å². The zero-order chi connectivity index (χ0) is 13.8. The summed E-state index contributed by atoms with van der Waals surface area (Å²) >= 11 is 5.82. The van der Waals surface area contributed by atoms with Crippen molar-refractivity contribution in [2.45, 2.75) is 13.0 Å². The molecule has 2 aromatic rings. The van der Waals surface area contributed by atoms with Crippen LogP contribution in [0.25, 0.3) is 0 Å². The van der Waals surface area contributed by atoms with E-state index in [4.69, 9.17) is 16.3 Å². The minimum atomic E-state index is -0.350. The largest absolute Gasteiger partial charge is 0.497 e. The summed E-state index contributed by atoms with van der Waals surface area (Å²) in [6, 6.07) is 12.2. The number of benzene rings is 2. The normalized spacial score (nSPS) is 12.0. The van der Waals surface area contributed by atoms with Gasteiger partial charge in [-0.3, -0.25) is 0 Å². The maximum Gasteiger partial charge on any atom is 0.126 e. The highest BCUT2D eigenvalue weighted by atomic mass is 35.5. The van der Waals surface area contributed by atoms with Crippen molar-refractivity contribution in [3.05, 3.63) is 58.9 Å². The Balaban J connectivity index is 2.13. The second-order valence-corrected chi connectivity index (χ2v) is 4.73. The number of methoxy groups -OCH3 is 1. The van der Waals surface area contributed by atoms with Gasteiger partial charge < -0.3 is 10.1 Å². The molecule has 1 N–H and O–H groups in total. The Kier molecular flexibility index (Phi) is 4.27. The summed E-state index contributed by atoms with van der Waals surface area (Å²) in [5, 5.41) is 3.59. The van der Waals surface area contributed by atoms with Crippen molar-refractivity contribution < 1.29 is 9.13 Å². The van der Waals surface area contributed by atoms with E-state index in [1.54, 1.807) is 13.2 Å². The smallest absolute Gasteiger partial charge is 0.126 e. The molecular weight excluding hydrogens is 265 g/mol. The first-order valence-corrected chi connectivity index (χ1v) is 6.33. The van der Waals surface area contributed by atoms with Crippen molar-refractivity contribution >= 4 is 17.3 Å². The lowest BCUT2D eigenvalue weighted by atomic mass is 10.1. The van der Waals surface area contributed by atoms with Crippen molar-refractivity contribution in [1.82, 2.24) is 0 Å². The average molecular weight is 280 g/mol. The van der Waals surface area contributed by atoms with Gasteiger partial charge >= 0.3 is 0 Å². The van der Waals surface area contributed by atoms with Gasteiger partial charge in [-0.05, 0) is 42.8 Å². The van der Waals surface area contributed by atoms with Crippen LogP contribution in [0.4, 0.5) is 10.1 Å². The molecule has 0 amide bonds. The highest BCUT2D eigenvalue weighted by Gasteiger charge is 2.07. The lowest BCUT2D eigenvalue weighted by Gasteiger charge is -2.16. The third-order valence-corrected chi connectivity index (χ3v) is 3.08. The molecule has 0 aliphatic heterocycles. The number of anilines is 1. The number of rotatable bonds is 4. The number of ether oxygens (including phenoxy) is 1. The maximum absolute atomic E-state index is 13.2. The third-order valence-electron chi connectivity index (χ3n) is 2.86. The predicted molar refractivity (Wildman–Crippen MR) is 76.4 cm³/mol. The van der Waals surface area contributed by atoms with Gasteiger partial charge in [-0.2, -0.15) is 0 Å². The van der Waals surface area contributed by atoms with Crippen LogP contribution in [0.1, 0.15) is 18.5 Å². The van der Waals surface area contributed by atoms with Gasteiger partial charge in [-0.15, -0.1) is 0 Å². The Bertz CT molecular complexity index is 536. The van der Waals surface area contributed by atoms with Gasteiger partial charge in [-0.25, -0.2) is 4.39 Å². The fraction of sp³-hybridized carbons (Fsp3) is 0.200.